The van der Waals surface area contributed by atoms with Gasteiger partial charge in [0, 0.05) is 21.9 Å². The van der Waals surface area contributed by atoms with Crippen LogP contribution in [0.2, 0.25) is 0 Å². The third-order valence-electron chi connectivity index (χ3n) is 10.5. The molecule has 0 aliphatic heterocycles. The van der Waals surface area contributed by atoms with E-state index in [9.17, 15) is 0 Å². The molecule has 2 nitrogen and oxygen atoms in total. The van der Waals surface area contributed by atoms with Crippen LogP contribution in [-0.2, 0) is 0 Å². The van der Waals surface area contributed by atoms with Crippen LogP contribution in [0.3, 0.4) is 0 Å². The van der Waals surface area contributed by atoms with Crippen LogP contribution in [0.4, 0.5) is 0 Å². The van der Waals surface area contributed by atoms with Crippen molar-refractivity contribution in [2.45, 2.75) is 0 Å². The predicted molar refractivity (Wildman–Crippen MR) is 227 cm³/mol. The molecule has 0 spiro atoms. The molecular weight excluding hydrogens is 653 g/mol. The highest BCUT2D eigenvalue weighted by atomic mass is 14.9. The quantitative estimate of drug-likeness (QED) is 0.163. The Morgan fingerprint density at radius 2 is 0.704 bits per heavy atom. The second-order valence-corrected chi connectivity index (χ2v) is 13.8. The normalized spacial score (nSPS) is 11.3. The van der Waals surface area contributed by atoms with Crippen LogP contribution in [0, 0.1) is 0 Å². The fourth-order valence-electron chi connectivity index (χ4n) is 7.60. The van der Waals surface area contributed by atoms with Gasteiger partial charge in [-0.25, -0.2) is 9.97 Å². The minimum Gasteiger partial charge on any atom is -0.227 e. The standard InChI is InChI=1S/C52H34N2/c1-2-12-40(13-3-1)50-49-31-30-39-11-6-7-19-48(39)51(49)54-52(53-50)41-27-24-37(25-28-41)36-20-22-38(23-21-36)43-15-8-16-44(32-43)45-17-9-18-46(34-45)47-29-26-35-10-4-5-14-42(35)33-47/h1-34H. The van der Waals surface area contributed by atoms with Crippen molar-refractivity contribution >= 4 is 32.4 Å². The second-order valence-electron chi connectivity index (χ2n) is 13.8. The van der Waals surface area contributed by atoms with Gasteiger partial charge < -0.3 is 0 Å². The Kier molecular flexibility index (Phi) is 7.85. The van der Waals surface area contributed by atoms with Gasteiger partial charge in [-0.3, -0.25) is 0 Å². The summed E-state index contributed by atoms with van der Waals surface area (Å²) in [5.41, 5.74) is 13.5. The number of fused-ring (bicyclic) bond motifs is 4. The fourth-order valence-corrected chi connectivity index (χ4v) is 7.60. The van der Waals surface area contributed by atoms with E-state index < -0.39 is 0 Å². The summed E-state index contributed by atoms with van der Waals surface area (Å²) in [6, 6.07) is 73.6. The molecule has 54 heavy (non-hydrogen) atoms. The van der Waals surface area contributed by atoms with Crippen molar-refractivity contribution in [3.63, 3.8) is 0 Å². The number of rotatable bonds is 6. The lowest BCUT2D eigenvalue weighted by atomic mass is 9.94. The minimum absolute atomic E-state index is 0.724. The number of hydrogen-bond donors (Lipinski definition) is 0. The molecule has 2 heteroatoms. The first-order valence-corrected chi connectivity index (χ1v) is 18.4. The number of hydrogen-bond acceptors (Lipinski definition) is 2. The van der Waals surface area contributed by atoms with E-state index in [2.05, 4.69) is 200 Å². The molecule has 0 fully saturated rings. The average Bonchev–Trinajstić information content (AvgIpc) is 3.26. The Morgan fingerprint density at radius 3 is 1.37 bits per heavy atom. The van der Waals surface area contributed by atoms with E-state index in [-0.39, 0.29) is 0 Å². The van der Waals surface area contributed by atoms with Gasteiger partial charge in [-0.2, -0.15) is 0 Å². The van der Waals surface area contributed by atoms with Crippen molar-refractivity contribution in [1.82, 2.24) is 9.97 Å². The van der Waals surface area contributed by atoms with Gasteiger partial charge in [-0.1, -0.05) is 182 Å². The molecule has 10 aromatic rings. The van der Waals surface area contributed by atoms with Gasteiger partial charge in [0.1, 0.15) is 0 Å². The first-order valence-electron chi connectivity index (χ1n) is 18.4. The average molecular weight is 687 g/mol. The number of benzene rings is 9. The van der Waals surface area contributed by atoms with Gasteiger partial charge >= 0.3 is 0 Å². The van der Waals surface area contributed by atoms with E-state index in [0.29, 0.717) is 0 Å². The minimum atomic E-state index is 0.724. The van der Waals surface area contributed by atoms with Crippen LogP contribution in [0.5, 0.6) is 0 Å². The van der Waals surface area contributed by atoms with Crippen LogP contribution in [0.25, 0.3) is 99.6 Å². The molecule has 0 unspecified atom stereocenters. The van der Waals surface area contributed by atoms with Crippen molar-refractivity contribution in [1.29, 1.82) is 0 Å². The molecule has 1 heterocycles. The van der Waals surface area contributed by atoms with E-state index >= 15 is 0 Å². The first kappa shape index (κ1) is 31.6. The first-order chi connectivity index (χ1) is 26.7. The summed E-state index contributed by atoms with van der Waals surface area (Å²) >= 11 is 0. The van der Waals surface area contributed by atoms with Crippen LogP contribution in [0.15, 0.2) is 206 Å². The lowest BCUT2D eigenvalue weighted by Crippen LogP contribution is -1.96. The van der Waals surface area contributed by atoms with Crippen LogP contribution in [0.1, 0.15) is 0 Å². The molecule has 0 atom stereocenters. The zero-order chi connectivity index (χ0) is 35.8. The summed E-state index contributed by atoms with van der Waals surface area (Å²) in [4.78, 5) is 10.3. The summed E-state index contributed by atoms with van der Waals surface area (Å²) in [7, 11) is 0. The van der Waals surface area contributed by atoms with E-state index in [0.717, 1.165) is 44.5 Å². The van der Waals surface area contributed by atoms with Crippen molar-refractivity contribution in [2.24, 2.45) is 0 Å². The zero-order valence-corrected chi connectivity index (χ0v) is 29.5. The summed E-state index contributed by atoms with van der Waals surface area (Å²) in [5, 5.41) is 5.88. The molecule has 0 N–H and O–H groups in total. The Morgan fingerprint density at radius 1 is 0.241 bits per heavy atom. The SMILES string of the molecule is c1ccc(-c2nc(-c3ccc(-c4ccc(-c5cccc(-c6cccc(-c7ccc8ccccc8c7)c6)c5)cc4)cc3)nc3c2ccc2ccccc23)cc1. The molecule has 1 aromatic heterocycles. The Bertz CT molecular complexity index is 2960. The molecule has 0 amide bonds. The molecule has 0 aliphatic rings. The Balaban J connectivity index is 0.934. The molecule has 0 radical (unpaired) electrons. The monoisotopic (exact) mass is 686 g/mol. The predicted octanol–water partition coefficient (Wildman–Crippen LogP) is 13.9. The van der Waals surface area contributed by atoms with Crippen molar-refractivity contribution in [3.05, 3.63) is 206 Å². The van der Waals surface area contributed by atoms with Gasteiger partial charge in [0.15, 0.2) is 5.82 Å². The molecule has 9 aromatic carbocycles. The largest absolute Gasteiger partial charge is 0.227 e. The molecule has 0 bridgehead atoms. The summed E-state index contributed by atoms with van der Waals surface area (Å²) in [6.07, 6.45) is 0. The van der Waals surface area contributed by atoms with E-state index in [1.54, 1.807) is 0 Å². The summed E-state index contributed by atoms with van der Waals surface area (Å²) in [6.45, 7) is 0. The molecule has 252 valence electrons. The lowest BCUT2D eigenvalue weighted by molar-refractivity contribution is 1.23. The van der Waals surface area contributed by atoms with Crippen LogP contribution < -0.4 is 0 Å². The van der Waals surface area contributed by atoms with Crippen molar-refractivity contribution < 1.29 is 0 Å². The molecule has 0 saturated heterocycles. The van der Waals surface area contributed by atoms with E-state index in [1.807, 2.05) is 6.07 Å². The number of nitrogens with zero attached hydrogens (tertiary/aromatic N) is 2. The highest BCUT2D eigenvalue weighted by molar-refractivity contribution is 6.09. The van der Waals surface area contributed by atoms with Crippen LogP contribution in [-0.4, -0.2) is 9.97 Å². The Hall–Kier alpha value is -7.16. The van der Waals surface area contributed by atoms with E-state index in [4.69, 9.17) is 9.97 Å². The third-order valence-corrected chi connectivity index (χ3v) is 10.5. The van der Waals surface area contributed by atoms with Gasteiger partial charge in [-0.05, 0) is 84.9 Å². The Labute approximate surface area is 314 Å². The number of aromatic nitrogens is 2. The maximum Gasteiger partial charge on any atom is 0.160 e. The molecule has 0 saturated carbocycles. The van der Waals surface area contributed by atoms with Gasteiger partial charge in [0.25, 0.3) is 0 Å². The second kappa shape index (κ2) is 13.4. The van der Waals surface area contributed by atoms with Crippen molar-refractivity contribution in [2.75, 3.05) is 0 Å². The third kappa shape index (κ3) is 5.90. The lowest BCUT2D eigenvalue weighted by Gasteiger charge is -2.12. The molecule has 0 aliphatic carbocycles. The highest BCUT2D eigenvalue weighted by Gasteiger charge is 2.14. The molecular formula is C52H34N2. The molecule has 10 rings (SSSR count). The maximum absolute atomic E-state index is 5.16. The van der Waals surface area contributed by atoms with E-state index in [1.165, 1.54) is 55.1 Å². The summed E-state index contributed by atoms with van der Waals surface area (Å²) in [5.74, 6) is 0.724. The summed E-state index contributed by atoms with van der Waals surface area (Å²) < 4.78 is 0. The smallest absolute Gasteiger partial charge is 0.160 e. The highest BCUT2D eigenvalue weighted by Crippen LogP contribution is 2.35. The van der Waals surface area contributed by atoms with Gasteiger partial charge in [-0.15, -0.1) is 0 Å². The van der Waals surface area contributed by atoms with Gasteiger partial charge in [0.2, 0.25) is 0 Å². The van der Waals surface area contributed by atoms with Crippen molar-refractivity contribution in [3.8, 4) is 67.2 Å². The zero-order valence-electron chi connectivity index (χ0n) is 29.5. The van der Waals surface area contributed by atoms with Gasteiger partial charge in [0.05, 0.1) is 11.2 Å². The topological polar surface area (TPSA) is 25.8 Å². The fraction of sp³-hybridized carbons (Fsp3) is 0. The van der Waals surface area contributed by atoms with Crippen LogP contribution >= 0.6 is 0 Å². The maximum atomic E-state index is 5.16.